The number of rotatable bonds is 2. The van der Waals surface area contributed by atoms with E-state index in [0.717, 1.165) is 25.9 Å². The molecule has 1 rings (SSSR count). The molecule has 0 saturated carbocycles. The molecule has 0 aromatic rings. The minimum absolute atomic E-state index is 0.00364. The fourth-order valence-corrected chi connectivity index (χ4v) is 1.91. The van der Waals surface area contributed by atoms with Gasteiger partial charge in [0.2, 0.25) is 5.91 Å². The SMILES string of the molecule is CC(Cl)C(Cl)C(=O)N1CCCCCC1. The van der Waals surface area contributed by atoms with Gasteiger partial charge >= 0.3 is 0 Å². The summed E-state index contributed by atoms with van der Waals surface area (Å²) in [6, 6.07) is 0. The number of hydrogen-bond acceptors (Lipinski definition) is 1. The lowest BCUT2D eigenvalue weighted by molar-refractivity contribution is -0.130. The Hall–Kier alpha value is 0.0500. The van der Waals surface area contributed by atoms with E-state index >= 15 is 0 Å². The van der Waals surface area contributed by atoms with Crippen LogP contribution in [-0.2, 0) is 4.79 Å². The van der Waals surface area contributed by atoms with Gasteiger partial charge in [0.25, 0.3) is 0 Å². The van der Waals surface area contributed by atoms with E-state index in [0.29, 0.717) is 0 Å². The van der Waals surface area contributed by atoms with Crippen LogP contribution < -0.4 is 0 Å². The molecule has 0 bridgehead atoms. The number of hydrogen-bond donors (Lipinski definition) is 0. The lowest BCUT2D eigenvalue weighted by Crippen LogP contribution is -2.40. The van der Waals surface area contributed by atoms with Gasteiger partial charge in [0.15, 0.2) is 0 Å². The minimum Gasteiger partial charge on any atom is -0.341 e. The number of amides is 1. The molecule has 82 valence electrons. The highest BCUT2D eigenvalue weighted by atomic mass is 35.5. The Balaban J connectivity index is 2.49. The highest BCUT2D eigenvalue weighted by Gasteiger charge is 2.26. The number of likely N-dealkylation sites (tertiary alicyclic amines) is 1. The summed E-state index contributed by atoms with van der Waals surface area (Å²) >= 11 is 11.7. The lowest BCUT2D eigenvalue weighted by Gasteiger charge is -2.23. The van der Waals surface area contributed by atoms with Crippen molar-refractivity contribution < 1.29 is 4.79 Å². The van der Waals surface area contributed by atoms with Gasteiger partial charge in [-0.15, -0.1) is 23.2 Å². The number of halogens is 2. The first-order valence-electron chi connectivity index (χ1n) is 5.20. The molecule has 1 amide bonds. The highest BCUT2D eigenvalue weighted by molar-refractivity contribution is 6.37. The average molecular weight is 238 g/mol. The Kier molecular flexibility index (Phi) is 5.04. The van der Waals surface area contributed by atoms with E-state index < -0.39 is 5.38 Å². The second-order valence-electron chi connectivity index (χ2n) is 3.82. The van der Waals surface area contributed by atoms with Gasteiger partial charge in [-0.3, -0.25) is 4.79 Å². The maximum atomic E-state index is 11.8. The molecular weight excluding hydrogens is 221 g/mol. The van der Waals surface area contributed by atoms with E-state index in [2.05, 4.69) is 0 Å². The molecule has 0 radical (unpaired) electrons. The number of carbonyl (C=O) groups excluding carboxylic acids is 1. The zero-order valence-electron chi connectivity index (χ0n) is 8.51. The Labute approximate surface area is 95.5 Å². The molecule has 1 fully saturated rings. The van der Waals surface area contributed by atoms with Crippen LogP contribution in [0.4, 0.5) is 0 Å². The van der Waals surface area contributed by atoms with Gasteiger partial charge in [-0.05, 0) is 19.8 Å². The molecule has 0 aliphatic carbocycles. The fraction of sp³-hybridized carbons (Fsp3) is 0.900. The van der Waals surface area contributed by atoms with Crippen molar-refractivity contribution in [2.45, 2.75) is 43.4 Å². The second kappa shape index (κ2) is 5.82. The van der Waals surface area contributed by atoms with Crippen LogP contribution in [-0.4, -0.2) is 34.7 Å². The topological polar surface area (TPSA) is 20.3 Å². The summed E-state index contributed by atoms with van der Waals surface area (Å²) in [6.45, 7) is 3.44. The Bertz CT molecular complexity index is 189. The standard InChI is InChI=1S/C10H17Cl2NO/c1-8(11)9(12)10(14)13-6-4-2-3-5-7-13/h8-9H,2-7H2,1H3. The molecule has 0 aromatic heterocycles. The molecule has 0 spiro atoms. The summed E-state index contributed by atoms with van der Waals surface area (Å²) < 4.78 is 0. The molecule has 1 heterocycles. The van der Waals surface area contributed by atoms with E-state index in [1.54, 1.807) is 6.92 Å². The van der Waals surface area contributed by atoms with E-state index in [1.807, 2.05) is 4.90 Å². The number of alkyl halides is 2. The number of nitrogens with zero attached hydrogens (tertiary/aromatic N) is 1. The monoisotopic (exact) mass is 237 g/mol. The van der Waals surface area contributed by atoms with Crippen LogP contribution >= 0.6 is 23.2 Å². The zero-order chi connectivity index (χ0) is 10.6. The van der Waals surface area contributed by atoms with Crippen molar-refractivity contribution in [1.29, 1.82) is 0 Å². The summed E-state index contributed by atoms with van der Waals surface area (Å²) in [4.78, 5) is 13.7. The molecule has 0 aromatic carbocycles. The quantitative estimate of drug-likeness (QED) is 0.677. The summed E-state index contributed by atoms with van der Waals surface area (Å²) in [5.74, 6) is -0.00364. The Morgan fingerprint density at radius 2 is 1.64 bits per heavy atom. The normalized spacial score (nSPS) is 22.6. The van der Waals surface area contributed by atoms with Crippen molar-refractivity contribution in [1.82, 2.24) is 4.90 Å². The van der Waals surface area contributed by atoms with E-state index in [-0.39, 0.29) is 11.3 Å². The van der Waals surface area contributed by atoms with Crippen LogP contribution in [0.5, 0.6) is 0 Å². The molecule has 2 atom stereocenters. The van der Waals surface area contributed by atoms with Crippen LogP contribution in [0.3, 0.4) is 0 Å². The molecule has 1 aliphatic rings. The van der Waals surface area contributed by atoms with E-state index in [1.165, 1.54) is 12.8 Å². The third-order valence-corrected chi connectivity index (χ3v) is 3.50. The van der Waals surface area contributed by atoms with Gasteiger partial charge in [0, 0.05) is 13.1 Å². The first-order valence-corrected chi connectivity index (χ1v) is 6.07. The molecule has 2 nitrogen and oxygen atoms in total. The van der Waals surface area contributed by atoms with E-state index in [4.69, 9.17) is 23.2 Å². The Morgan fingerprint density at radius 3 is 2.07 bits per heavy atom. The largest absolute Gasteiger partial charge is 0.341 e. The van der Waals surface area contributed by atoms with E-state index in [9.17, 15) is 4.79 Å². The Morgan fingerprint density at radius 1 is 1.14 bits per heavy atom. The third-order valence-electron chi connectivity index (χ3n) is 2.56. The molecular formula is C10H17Cl2NO. The first-order chi connectivity index (χ1) is 6.63. The molecule has 4 heteroatoms. The van der Waals surface area contributed by atoms with Gasteiger partial charge in [-0.2, -0.15) is 0 Å². The predicted octanol–water partition coefficient (Wildman–Crippen LogP) is 2.62. The predicted molar refractivity (Wildman–Crippen MR) is 60.0 cm³/mol. The molecule has 1 saturated heterocycles. The van der Waals surface area contributed by atoms with Crippen molar-refractivity contribution in [2.24, 2.45) is 0 Å². The van der Waals surface area contributed by atoms with Crippen molar-refractivity contribution in [3.63, 3.8) is 0 Å². The van der Waals surface area contributed by atoms with Gasteiger partial charge in [-0.25, -0.2) is 0 Å². The van der Waals surface area contributed by atoms with Crippen LogP contribution in [0.1, 0.15) is 32.6 Å². The smallest absolute Gasteiger partial charge is 0.242 e. The maximum absolute atomic E-state index is 11.8. The summed E-state index contributed by atoms with van der Waals surface area (Å²) in [5, 5.41) is -0.873. The molecule has 0 N–H and O–H groups in total. The summed E-state index contributed by atoms with van der Waals surface area (Å²) in [5.41, 5.74) is 0. The minimum atomic E-state index is -0.574. The fourth-order valence-electron chi connectivity index (χ4n) is 1.66. The molecule has 1 aliphatic heterocycles. The highest BCUT2D eigenvalue weighted by Crippen LogP contribution is 2.16. The number of carbonyl (C=O) groups is 1. The van der Waals surface area contributed by atoms with Gasteiger partial charge in [-0.1, -0.05) is 12.8 Å². The van der Waals surface area contributed by atoms with Crippen molar-refractivity contribution in [3.05, 3.63) is 0 Å². The molecule has 2 unspecified atom stereocenters. The van der Waals surface area contributed by atoms with Crippen LogP contribution in [0.25, 0.3) is 0 Å². The summed E-state index contributed by atoms with van der Waals surface area (Å²) in [7, 11) is 0. The third kappa shape index (κ3) is 3.32. The van der Waals surface area contributed by atoms with Crippen LogP contribution in [0.15, 0.2) is 0 Å². The maximum Gasteiger partial charge on any atom is 0.242 e. The van der Waals surface area contributed by atoms with Crippen LogP contribution in [0.2, 0.25) is 0 Å². The van der Waals surface area contributed by atoms with Gasteiger partial charge in [0.1, 0.15) is 5.38 Å². The van der Waals surface area contributed by atoms with Crippen molar-refractivity contribution >= 4 is 29.1 Å². The lowest BCUT2D eigenvalue weighted by atomic mass is 10.2. The van der Waals surface area contributed by atoms with Gasteiger partial charge in [0.05, 0.1) is 5.38 Å². The van der Waals surface area contributed by atoms with Crippen molar-refractivity contribution in [3.8, 4) is 0 Å². The average Bonchev–Trinajstić information content (AvgIpc) is 2.43. The van der Waals surface area contributed by atoms with Gasteiger partial charge < -0.3 is 4.90 Å². The second-order valence-corrected chi connectivity index (χ2v) is 4.98. The zero-order valence-corrected chi connectivity index (χ0v) is 10.0. The first kappa shape index (κ1) is 12.1. The van der Waals surface area contributed by atoms with Crippen molar-refractivity contribution in [2.75, 3.05) is 13.1 Å². The summed E-state index contributed by atoms with van der Waals surface area (Å²) in [6.07, 6.45) is 4.61. The van der Waals surface area contributed by atoms with Crippen LogP contribution in [0, 0.1) is 0 Å². The molecule has 14 heavy (non-hydrogen) atoms.